The highest BCUT2D eigenvalue weighted by Crippen LogP contribution is 2.26. The molecule has 0 saturated heterocycles. The van der Waals surface area contributed by atoms with E-state index < -0.39 is 0 Å². The predicted molar refractivity (Wildman–Crippen MR) is 77.7 cm³/mol. The number of anilines is 1. The molecule has 0 bridgehead atoms. The molecule has 0 fully saturated rings. The van der Waals surface area contributed by atoms with Crippen LogP contribution in [0.1, 0.15) is 5.56 Å². The van der Waals surface area contributed by atoms with Crippen LogP contribution in [0.15, 0.2) is 36.5 Å². The topological polar surface area (TPSA) is 47.0 Å². The van der Waals surface area contributed by atoms with E-state index in [0.29, 0.717) is 17.9 Å². The molecular weight excluding hydrogens is 277 g/mol. The maximum absolute atomic E-state index is 13.1. The second-order valence-corrected chi connectivity index (χ2v) is 5.22. The Hall–Kier alpha value is -2.21. The van der Waals surface area contributed by atoms with Crippen LogP contribution in [0.25, 0.3) is 10.2 Å². The molecule has 102 valence electrons. The Morgan fingerprint density at radius 1 is 1.30 bits per heavy atom. The number of thiazole rings is 1. The van der Waals surface area contributed by atoms with Gasteiger partial charge in [-0.2, -0.15) is 0 Å². The van der Waals surface area contributed by atoms with Crippen LogP contribution in [0.3, 0.4) is 0 Å². The molecule has 0 aliphatic rings. The van der Waals surface area contributed by atoms with E-state index in [4.69, 9.17) is 4.74 Å². The van der Waals surface area contributed by atoms with Gasteiger partial charge in [-0.3, -0.25) is 0 Å². The van der Waals surface area contributed by atoms with Gasteiger partial charge in [0.2, 0.25) is 5.88 Å². The first kappa shape index (κ1) is 12.8. The van der Waals surface area contributed by atoms with Crippen LogP contribution in [0, 0.1) is 5.82 Å². The lowest BCUT2D eigenvalue weighted by molar-refractivity contribution is 0.397. The number of halogens is 1. The van der Waals surface area contributed by atoms with Crippen LogP contribution in [0.4, 0.5) is 9.52 Å². The van der Waals surface area contributed by atoms with Crippen LogP contribution in [-0.4, -0.2) is 17.1 Å². The summed E-state index contributed by atoms with van der Waals surface area (Å²) in [5.41, 5.74) is 1.71. The van der Waals surface area contributed by atoms with Crippen molar-refractivity contribution in [3.63, 3.8) is 0 Å². The Morgan fingerprint density at radius 2 is 2.20 bits per heavy atom. The van der Waals surface area contributed by atoms with Gasteiger partial charge in [-0.25, -0.2) is 14.4 Å². The largest absolute Gasteiger partial charge is 0.481 e. The molecule has 1 N–H and O–H groups in total. The summed E-state index contributed by atoms with van der Waals surface area (Å²) >= 11 is 1.50. The summed E-state index contributed by atoms with van der Waals surface area (Å²) in [5, 5.41) is 3.99. The van der Waals surface area contributed by atoms with Gasteiger partial charge in [-0.15, -0.1) is 0 Å². The SMILES string of the molecule is COc1cc(CNc2nc3cc(F)ccc3s2)ccn1. The number of hydrogen-bond acceptors (Lipinski definition) is 5. The molecule has 2 heterocycles. The minimum atomic E-state index is -0.270. The molecule has 3 aromatic rings. The molecule has 0 aliphatic heterocycles. The lowest BCUT2D eigenvalue weighted by Crippen LogP contribution is -1.99. The zero-order chi connectivity index (χ0) is 13.9. The molecule has 0 atom stereocenters. The number of fused-ring (bicyclic) bond motifs is 1. The summed E-state index contributed by atoms with van der Waals surface area (Å²) in [7, 11) is 1.58. The van der Waals surface area contributed by atoms with Gasteiger partial charge in [0.15, 0.2) is 5.13 Å². The summed E-state index contributed by atoms with van der Waals surface area (Å²) in [5.74, 6) is 0.309. The Balaban J connectivity index is 1.76. The molecule has 20 heavy (non-hydrogen) atoms. The third kappa shape index (κ3) is 2.70. The number of ether oxygens (including phenoxy) is 1. The van der Waals surface area contributed by atoms with Crippen molar-refractivity contribution < 1.29 is 9.13 Å². The van der Waals surface area contributed by atoms with E-state index in [0.717, 1.165) is 15.4 Å². The van der Waals surface area contributed by atoms with Gasteiger partial charge in [-0.05, 0) is 23.8 Å². The maximum atomic E-state index is 13.1. The van der Waals surface area contributed by atoms with E-state index in [9.17, 15) is 4.39 Å². The Morgan fingerprint density at radius 3 is 3.05 bits per heavy atom. The Labute approximate surface area is 119 Å². The standard InChI is InChI=1S/C14H12FN3OS/c1-19-13-6-9(4-5-16-13)8-17-14-18-11-7-10(15)2-3-12(11)20-14/h2-7H,8H2,1H3,(H,17,18). The number of nitrogens with zero attached hydrogens (tertiary/aromatic N) is 2. The number of rotatable bonds is 4. The van der Waals surface area contributed by atoms with Crippen molar-refractivity contribution in [1.82, 2.24) is 9.97 Å². The number of benzene rings is 1. The van der Waals surface area contributed by atoms with Gasteiger partial charge >= 0.3 is 0 Å². The first-order valence-electron chi connectivity index (χ1n) is 6.03. The maximum Gasteiger partial charge on any atom is 0.213 e. The van der Waals surface area contributed by atoms with E-state index in [1.54, 1.807) is 19.4 Å². The molecule has 1 aromatic carbocycles. The molecule has 0 aliphatic carbocycles. The first-order valence-corrected chi connectivity index (χ1v) is 6.85. The highest BCUT2D eigenvalue weighted by atomic mass is 32.1. The smallest absolute Gasteiger partial charge is 0.213 e. The number of pyridine rings is 1. The Kier molecular flexibility index (Phi) is 3.47. The average molecular weight is 289 g/mol. The summed E-state index contributed by atoms with van der Waals surface area (Å²) in [6, 6.07) is 8.38. The van der Waals surface area contributed by atoms with Crippen molar-refractivity contribution in [1.29, 1.82) is 0 Å². The van der Waals surface area contributed by atoms with Crippen LogP contribution in [0.2, 0.25) is 0 Å². The number of methoxy groups -OCH3 is 1. The second kappa shape index (κ2) is 5.42. The third-order valence-electron chi connectivity index (χ3n) is 2.80. The molecule has 0 saturated carbocycles. The predicted octanol–water partition coefficient (Wildman–Crippen LogP) is 3.45. The number of nitrogens with one attached hydrogen (secondary N) is 1. The van der Waals surface area contributed by atoms with Crippen LogP contribution in [-0.2, 0) is 6.54 Å². The van der Waals surface area contributed by atoms with Crippen molar-refractivity contribution in [2.75, 3.05) is 12.4 Å². The minimum absolute atomic E-state index is 0.270. The van der Waals surface area contributed by atoms with Crippen molar-refractivity contribution in [2.45, 2.75) is 6.54 Å². The first-order chi connectivity index (χ1) is 9.74. The van der Waals surface area contributed by atoms with E-state index in [-0.39, 0.29) is 5.82 Å². The summed E-state index contributed by atoms with van der Waals surface area (Å²) < 4.78 is 19.1. The molecule has 0 spiro atoms. The van der Waals surface area contributed by atoms with E-state index in [2.05, 4.69) is 15.3 Å². The van der Waals surface area contributed by atoms with Crippen LogP contribution in [0.5, 0.6) is 5.88 Å². The van der Waals surface area contributed by atoms with Crippen molar-refractivity contribution >= 4 is 26.7 Å². The van der Waals surface area contributed by atoms with Crippen LogP contribution >= 0.6 is 11.3 Å². The van der Waals surface area contributed by atoms with Gasteiger partial charge in [0.1, 0.15) is 5.82 Å². The average Bonchev–Trinajstić information content (AvgIpc) is 2.87. The van der Waals surface area contributed by atoms with Crippen molar-refractivity contribution in [2.24, 2.45) is 0 Å². The van der Waals surface area contributed by atoms with E-state index in [1.807, 2.05) is 12.1 Å². The number of hydrogen-bond donors (Lipinski definition) is 1. The zero-order valence-electron chi connectivity index (χ0n) is 10.8. The lowest BCUT2D eigenvalue weighted by Gasteiger charge is -2.04. The molecular formula is C14H12FN3OS. The summed E-state index contributed by atoms with van der Waals surface area (Å²) in [6.07, 6.45) is 1.70. The zero-order valence-corrected chi connectivity index (χ0v) is 11.6. The molecule has 4 nitrogen and oxygen atoms in total. The van der Waals surface area contributed by atoms with Crippen molar-refractivity contribution in [3.05, 3.63) is 47.9 Å². The van der Waals surface area contributed by atoms with Gasteiger partial charge in [-0.1, -0.05) is 11.3 Å². The minimum Gasteiger partial charge on any atom is -0.481 e. The van der Waals surface area contributed by atoms with Crippen LogP contribution < -0.4 is 10.1 Å². The fourth-order valence-corrected chi connectivity index (χ4v) is 2.67. The molecule has 0 unspecified atom stereocenters. The summed E-state index contributed by atoms with van der Waals surface area (Å²) in [6.45, 7) is 0.612. The highest BCUT2D eigenvalue weighted by molar-refractivity contribution is 7.22. The van der Waals surface area contributed by atoms with Gasteiger partial charge < -0.3 is 10.1 Å². The van der Waals surface area contributed by atoms with Gasteiger partial charge in [0.05, 0.1) is 17.3 Å². The van der Waals surface area contributed by atoms with E-state index >= 15 is 0 Å². The molecule has 2 aromatic heterocycles. The highest BCUT2D eigenvalue weighted by Gasteiger charge is 2.05. The fraction of sp³-hybridized carbons (Fsp3) is 0.143. The Bertz CT molecular complexity index is 744. The number of aromatic nitrogens is 2. The summed E-state index contributed by atoms with van der Waals surface area (Å²) in [4.78, 5) is 8.40. The normalized spacial score (nSPS) is 10.7. The lowest BCUT2D eigenvalue weighted by atomic mass is 10.3. The molecule has 0 radical (unpaired) electrons. The fourth-order valence-electron chi connectivity index (χ4n) is 1.83. The van der Waals surface area contributed by atoms with Crippen molar-refractivity contribution in [3.8, 4) is 5.88 Å². The molecule has 3 rings (SSSR count). The van der Waals surface area contributed by atoms with Gasteiger partial charge in [0, 0.05) is 24.9 Å². The van der Waals surface area contributed by atoms with E-state index in [1.165, 1.54) is 23.5 Å². The molecule has 6 heteroatoms. The monoisotopic (exact) mass is 289 g/mol. The quantitative estimate of drug-likeness (QED) is 0.799. The molecule has 0 amide bonds. The van der Waals surface area contributed by atoms with Gasteiger partial charge in [0.25, 0.3) is 0 Å². The third-order valence-corrected chi connectivity index (χ3v) is 3.80. The second-order valence-electron chi connectivity index (χ2n) is 4.19.